The summed E-state index contributed by atoms with van der Waals surface area (Å²) in [7, 11) is 0. The fraction of sp³-hybridized carbons (Fsp3) is 0.100. The number of hydrogen-bond acceptors (Lipinski definition) is 3. The van der Waals surface area contributed by atoms with Gasteiger partial charge in [0.15, 0.2) is 5.71 Å². The highest BCUT2D eigenvalue weighted by Crippen LogP contribution is 2.11. The Balaban J connectivity index is 2.36. The average molecular weight is 187 g/mol. The number of hydrogen-bond donors (Lipinski definition) is 1. The molecule has 1 aromatic carbocycles. The van der Waals surface area contributed by atoms with Gasteiger partial charge in [-0.05, 0) is 19.1 Å². The first-order chi connectivity index (χ1) is 6.77. The van der Waals surface area contributed by atoms with Crippen LogP contribution in [0.25, 0.3) is 0 Å². The monoisotopic (exact) mass is 187 g/mol. The van der Waals surface area contributed by atoms with Gasteiger partial charge in [-0.2, -0.15) is 5.10 Å². The molecule has 1 N–H and O–H groups in total. The normalized spacial score (nSPS) is 18.2. The van der Waals surface area contributed by atoms with E-state index in [1.165, 1.54) is 0 Å². The maximum atomic E-state index is 11.2. The third kappa shape index (κ3) is 1.54. The molecule has 0 spiro atoms. The molecule has 0 aliphatic carbocycles. The molecule has 4 nitrogen and oxygen atoms in total. The fourth-order valence-electron chi connectivity index (χ4n) is 1.17. The summed E-state index contributed by atoms with van der Waals surface area (Å²) in [5, 5.41) is 3.78. The largest absolute Gasteiger partial charge is 0.291 e. The number of benzene rings is 1. The van der Waals surface area contributed by atoms with Gasteiger partial charge in [0.05, 0.1) is 11.4 Å². The van der Waals surface area contributed by atoms with Crippen LogP contribution in [0.4, 0.5) is 5.69 Å². The molecule has 2 rings (SSSR count). The number of amides is 1. The number of nitrogens with zero attached hydrogens (tertiary/aromatic N) is 2. The maximum Gasteiger partial charge on any atom is 0.291 e. The highest BCUT2D eigenvalue weighted by Gasteiger charge is 2.20. The predicted molar refractivity (Wildman–Crippen MR) is 54.8 cm³/mol. The van der Waals surface area contributed by atoms with Crippen molar-refractivity contribution in [1.82, 2.24) is 5.43 Å². The fourth-order valence-corrected chi connectivity index (χ4v) is 1.17. The van der Waals surface area contributed by atoms with Crippen LogP contribution in [-0.2, 0) is 4.79 Å². The SMILES string of the molecule is CC1=NNC(=O)C1=Nc1ccccc1. The van der Waals surface area contributed by atoms with Crippen molar-refractivity contribution in [3.8, 4) is 0 Å². The summed E-state index contributed by atoms with van der Waals surface area (Å²) in [6, 6.07) is 9.33. The number of carbonyl (C=O) groups excluding carboxylic acids is 1. The minimum absolute atomic E-state index is 0.244. The van der Waals surface area contributed by atoms with Gasteiger partial charge in [0, 0.05) is 0 Å². The summed E-state index contributed by atoms with van der Waals surface area (Å²) in [5.41, 5.74) is 4.13. The average Bonchev–Trinajstić information content (AvgIpc) is 2.51. The van der Waals surface area contributed by atoms with Gasteiger partial charge in [0.1, 0.15) is 0 Å². The molecule has 1 aromatic rings. The van der Waals surface area contributed by atoms with Crippen LogP contribution in [0.15, 0.2) is 40.4 Å². The van der Waals surface area contributed by atoms with E-state index in [0.29, 0.717) is 11.4 Å². The highest BCUT2D eigenvalue weighted by molar-refractivity contribution is 6.68. The predicted octanol–water partition coefficient (Wildman–Crippen LogP) is 1.26. The topological polar surface area (TPSA) is 53.8 Å². The zero-order valence-electron chi connectivity index (χ0n) is 7.69. The molecule has 1 amide bonds. The van der Waals surface area contributed by atoms with Crippen molar-refractivity contribution in [2.45, 2.75) is 6.92 Å². The Bertz CT molecular complexity index is 420. The van der Waals surface area contributed by atoms with Crippen LogP contribution in [0.2, 0.25) is 0 Å². The molecular weight excluding hydrogens is 178 g/mol. The first kappa shape index (κ1) is 8.62. The molecule has 0 atom stereocenters. The zero-order chi connectivity index (χ0) is 9.97. The molecule has 4 heteroatoms. The summed E-state index contributed by atoms with van der Waals surface area (Å²) in [4.78, 5) is 15.4. The first-order valence-corrected chi connectivity index (χ1v) is 4.26. The van der Waals surface area contributed by atoms with Crippen molar-refractivity contribution >= 4 is 23.0 Å². The van der Waals surface area contributed by atoms with E-state index in [-0.39, 0.29) is 5.91 Å². The van der Waals surface area contributed by atoms with Crippen LogP contribution in [0.3, 0.4) is 0 Å². The second-order valence-electron chi connectivity index (χ2n) is 2.93. The smallest absolute Gasteiger partial charge is 0.265 e. The van der Waals surface area contributed by atoms with Gasteiger partial charge in [0.2, 0.25) is 0 Å². The Labute approximate surface area is 81.4 Å². The van der Waals surface area contributed by atoms with Crippen molar-refractivity contribution < 1.29 is 4.79 Å². The van der Waals surface area contributed by atoms with Crippen LogP contribution in [-0.4, -0.2) is 17.3 Å². The Morgan fingerprint density at radius 1 is 1.29 bits per heavy atom. The van der Waals surface area contributed by atoms with Crippen molar-refractivity contribution in [2.24, 2.45) is 10.1 Å². The molecule has 14 heavy (non-hydrogen) atoms. The van der Waals surface area contributed by atoms with Crippen molar-refractivity contribution in [1.29, 1.82) is 0 Å². The molecule has 0 unspecified atom stereocenters. The molecule has 0 aromatic heterocycles. The van der Waals surface area contributed by atoms with Crippen LogP contribution in [0, 0.1) is 0 Å². The van der Waals surface area contributed by atoms with E-state index >= 15 is 0 Å². The molecule has 0 saturated carbocycles. The minimum Gasteiger partial charge on any atom is -0.265 e. The molecule has 1 heterocycles. The van der Waals surface area contributed by atoms with Crippen molar-refractivity contribution in [2.75, 3.05) is 0 Å². The van der Waals surface area contributed by atoms with E-state index in [1.54, 1.807) is 6.92 Å². The number of aliphatic imine (C=N–C) groups is 1. The lowest BCUT2D eigenvalue weighted by atomic mass is 10.2. The molecule has 0 saturated heterocycles. The van der Waals surface area contributed by atoms with Gasteiger partial charge in [-0.25, -0.2) is 10.4 Å². The van der Waals surface area contributed by atoms with Gasteiger partial charge >= 0.3 is 0 Å². The first-order valence-electron chi connectivity index (χ1n) is 4.26. The summed E-state index contributed by atoms with van der Waals surface area (Å²) < 4.78 is 0. The van der Waals surface area contributed by atoms with E-state index < -0.39 is 0 Å². The second-order valence-corrected chi connectivity index (χ2v) is 2.93. The molecule has 0 radical (unpaired) electrons. The number of para-hydroxylation sites is 1. The molecule has 0 bridgehead atoms. The Hall–Kier alpha value is -1.97. The second kappa shape index (κ2) is 3.41. The summed E-state index contributed by atoms with van der Waals surface area (Å²) in [6.07, 6.45) is 0. The highest BCUT2D eigenvalue weighted by atomic mass is 16.2. The van der Waals surface area contributed by atoms with E-state index in [1.807, 2.05) is 30.3 Å². The lowest BCUT2D eigenvalue weighted by molar-refractivity contribution is -0.114. The van der Waals surface area contributed by atoms with Crippen molar-refractivity contribution in [3.63, 3.8) is 0 Å². The minimum atomic E-state index is -0.244. The molecule has 1 aliphatic heterocycles. The van der Waals surface area contributed by atoms with Crippen LogP contribution < -0.4 is 5.43 Å². The zero-order valence-corrected chi connectivity index (χ0v) is 7.69. The van der Waals surface area contributed by atoms with E-state index in [2.05, 4.69) is 15.5 Å². The van der Waals surface area contributed by atoms with E-state index in [4.69, 9.17) is 0 Å². The molecule has 0 fully saturated rings. The van der Waals surface area contributed by atoms with E-state index in [9.17, 15) is 4.79 Å². The quantitative estimate of drug-likeness (QED) is 0.707. The van der Waals surface area contributed by atoms with Gasteiger partial charge in [-0.15, -0.1) is 0 Å². The van der Waals surface area contributed by atoms with E-state index in [0.717, 1.165) is 5.69 Å². The summed E-state index contributed by atoms with van der Waals surface area (Å²) in [6.45, 7) is 1.75. The van der Waals surface area contributed by atoms with Gasteiger partial charge in [-0.1, -0.05) is 18.2 Å². The number of rotatable bonds is 1. The standard InChI is InChI=1S/C10H9N3O/c1-7-9(10(14)13-12-7)11-8-5-3-2-4-6-8/h2-6H,1H3,(H,11,13,14). The third-order valence-electron chi connectivity index (χ3n) is 1.88. The number of hydrazone groups is 1. The Kier molecular flexibility index (Phi) is 2.10. The van der Waals surface area contributed by atoms with Crippen LogP contribution >= 0.6 is 0 Å². The lowest BCUT2D eigenvalue weighted by Gasteiger charge is -1.94. The number of nitrogens with one attached hydrogen (secondary N) is 1. The van der Waals surface area contributed by atoms with Crippen LogP contribution in [0.5, 0.6) is 0 Å². The molecular formula is C10H9N3O. The maximum absolute atomic E-state index is 11.2. The third-order valence-corrected chi connectivity index (χ3v) is 1.88. The van der Waals surface area contributed by atoms with Gasteiger partial charge < -0.3 is 0 Å². The molecule has 70 valence electrons. The lowest BCUT2D eigenvalue weighted by Crippen LogP contribution is -2.21. The number of carbonyl (C=O) groups is 1. The van der Waals surface area contributed by atoms with Gasteiger partial charge in [-0.3, -0.25) is 4.79 Å². The molecule has 1 aliphatic rings. The summed E-state index contributed by atoms with van der Waals surface area (Å²) >= 11 is 0. The Morgan fingerprint density at radius 2 is 2.00 bits per heavy atom. The van der Waals surface area contributed by atoms with Gasteiger partial charge in [0.25, 0.3) is 5.91 Å². The van der Waals surface area contributed by atoms with Crippen LogP contribution in [0.1, 0.15) is 6.92 Å². The summed E-state index contributed by atoms with van der Waals surface area (Å²) in [5.74, 6) is -0.244. The van der Waals surface area contributed by atoms with Crippen molar-refractivity contribution in [3.05, 3.63) is 30.3 Å². The Morgan fingerprint density at radius 3 is 2.57 bits per heavy atom.